The highest BCUT2D eigenvalue weighted by Crippen LogP contribution is 2.17. The van der Waals surface area contributed by atoms with Crippen LogP contribution in [-0.4, -0.2) is 32.3 Å². The quantitative estimate of drug-likeness (QED) is 0.597. The van der Waals surface area contributed by atoms with Crippen LogP contribution in [0, 0.1) is 11.7 Å². The second kappa shape index (κ2) is 7.95. The van der Waals surface area contributed by atoms with Crippen molar-refractivity contribution in [3.05, 3.63) is 24.0 Å². The van der Waals surface area contributed by atoms with Gasteiger partial charge >= 0.3 is 0 Å². The van der Waals surface area contributed by atoms with Crippen LogP contribution < -0.4 is 11.1 Å². The molecule has 0 aromatic heterocycles. The Morgan fingerprint density at radius 2 is 2.38 bits per heavy atom. The molecule has 0 radical (unpaired) electrons. The van der Waals surface area contributed by atoms with Gasteiger partial charge < -0.3 is 20.5 Å². The van der Waals surface area contributed by atoms with Gasteiger partial charge in [0.2, 0.25) is 5.91 Å². The number of carbonyl (C=O) groups excluding carboxylic acids is 1. The number of nitrogens with two attached hydrogens (primary N) is 1. The van der Waals surface area contributed by atoms with Crippen LogP contribution in [0.4, 0.5) is 15.8 Å². The maximum atomic E-state index is 13.4. The van der Waals surface area contributed by atoms with Crippen molar-refractivity contribution in [2.45, 2.75) is 19.3 Å². The lowest BCUT2D eigenvalue weighted by atomic mass is 10.1. The molecule has 1 aliphatic rings. The molecule has 0 spiro atoms. The zero-order chi connectivity index (χ0) is 15.1. The zero-order valence-corrected chi connectivity index (χ0v) is 11.9. The van der Waals surface area contributed by atoms with E-state index in [1.165, 1.54) is 18.2 Å². The van der Waals surface area contributed by atoms with E-state index in [0.717, 1.165) is 19.6 Å². The average molecular weight is 296 g/mol. The van der Waals surface area contributed by atoms with Crippen LogP contribution in [0.2, 0.25) is 0 Å². The lowest BCUT2D eigenvalue weighted by Crippen LogP contribution is -2.15. The summed E-state index contributed by atoms with van der Waals surface area (Å²) in [5, 5.41) is 2.51. The first-order chi connectivity index (χ1) is 10.1. The highest BCUT2D eigenvalue weighted by atomic mass is 19.1. The number of anilines is 2. The molecule has 5 nitrogen and oxygen atoms in total. The number of carbonyl (C=O) groups is 1. The fourth-order valence-corrected chi connectivity index (χ4v) is 2.15. The largest absolute Gasteiger partial charge is 0.399 e. The standard InChI is InChI=1S/C15H21FN2O3/c16-13-4-3-12(17)8-14(13)18-15(19)2-1-6-20-9-11-5-7-21-10-11/h3-4,8,11H,1-2,5-7,9-10,17H2,(H,18,19). The first-order valence-corrected chi connectivity index (χ1v) is 7.15. The normalized spacial score (nSPS) is 17.9. The molecule has 3 N–H and O–H groups in total. The number of hydrogen-bond acceptors (Lipinski definition) is 4. The Hall–Kier alpha value is -1.66. The average Bonchev–Trinajstić information content (AvgIpc) is 2.96. The van der Waals surface area contributed by atoms with E-state index in [0.29, 0.717) is 31.2 Å². The van der Waals surface area contributed by atoms with Crippen molar-refractivity contribution in [1.29, 1.82) is 0 Å². The number of rotatable bonds is 7. The topological polar surface area (TPSA) is 73.6 Å². The van der Waals surface area contributed by atoms with Gasteiger partial charge in [-0.15, -0.1) is 0 Å². The number of amides is 1. The lowest BCUT2D eigenvalue weighted by molar-refractivity contribution is -0.116. The van der Waals surface area contributed by atoms with Crippen LogP contribution in [0.1, 0.15) is 19.3 Å². The molecule has 0 bridgehead atoms. The predicted molar refractivity (Wildman–Crippen MR) is 78.4 cm³/mol. The fourth-order valence-electron chi connectivity index (χ4n) is 2.15. The summed E-state index contributed by atoms with van der Waals surface area (Å²) in [5.74, 6) is -0.262. The summed E-state index contributed by atoms with van der Waals surface area (Å²) >= 11 is 0. The van der Waals surface area contributed by atoms with Gasteiger partial charge in [0.15, 0.2) is 0 Å². The second-order valence-corrected chi connectivity index (χ2v) is 5.20. The molecule has 6 heteroatoms. The summed E-state index contributed by atoms with van der Waals surface area (Å²) in [6, 6.07) is 4.09. The van der Waals surface area contributed by atoms with E-state index < -0.39 is 5.82 Å². The predicted octanol–water partition coefficient (Wildman–Crippen LogP) is 2.18. The van der Waals surface area contributed by atoms with Crippen molar-refractivity contribution in [2.24, 2.45) is 5.92 Å². The smallest absolute Gasteiger partial charge is 0.224 e. The number of nitrogen functional groups attached to an aromatic ring is 1. The van der Waals surface area contributed by atoms with Gasteiger partial charge in [-0.3, -0.25) is 4.79 Å². The van der Waals surface area contributed by atoms with E-state index in [1.54, 1.807) is 0 Å². The minimum Gasteiger partial charge on any atom is -0.399 e. The second-order valence-electron chi connectivity index (χ2n) is 5.20. The Kier molecular flexibility index (Phi) is 5.95. The van der Waals surface area contributed by atoms with Crippen molar-refractivity contribution >= 4 is 17.3 Å². The van der Waals surface area contributed by atoms with E-state index >= 15 is 0 Å². The molecular weight excluding hydrogens is 275 g/mol. The van der Waals surface area contributed by atoms with E-state index in [2.05, 4.69) is 5.32 Å². The van der Waals surface area contributed by atoms with E-state index in [9.17, 15) is 9.18 Å². The molecule has 1 atom stereocenters. The third-order valence-corrected chi connectivity index (χ3v) is 3.33. The van der Waals surface area contributed by atoms with Crippen molar-refractivity contribution in [1.82, 2.24) is 0 Å². The van der Waals surface area contributed by atoms with Crippen LogP contribution in [0.25, 0.3) is 0 Å². The molecule has 1 fully saturated rings. The first-order valence-electron chi connectivity index (χ1n) is 7.15. The summed E-state index contributed by atoms with van der Waals surface area (Å²) in [7, 11) is 0. The Labute approximate surface area is 123 Å². The molecule has 116 valence electrons. The van der Waals surface area contributed by atoms with E-state index in [-0.39, 0.29) is 18.0 Å². The van der Waals surface area contributed by atoms with E-state index in [1.807, 2.05) is 0 Å². The molecule has 0 aliphatic carbocycles. The molecule has 1 unspecified atom stereocenters. The van der Waals surface area contributed by atoms with Crippen LogP contribution in [0.5, 0.6) is 0 Å². The summed E-state index contributed by atoms with van der Waals surface area (Å²) in [5.41, 5.74) is 6.08. The third kappa shape index (κ3) is 5.32. The summed E-state index contributed by atoms with van der Waals surface area (Å²) in [6.07, 6.45) is 1.92. The van der Waals surface area contributed by atoms with Gasteiger partial charge in [0, 0.05) is 31.2 Å². The monoisotopic (exact) mass is 296 g/mol. The highest BCUT2D eigenvalue weighted by molar-refractivity contribution is 5.91. The molecule has 1 heterocycles. The Balaban J connectivity index is 1.62. The first kappa shape index (κ1) is 15.7. The molecular formula is C15H21FN2O3. The molecule has 1 amide bonds. The van der Waals surface area contributed by atoms with Gasteiger partial charge in [0.1, 0.15) is 5.82 Å². The maximum Gasteiger partial charge on any atom is 0.224 e. The number of nitrogens with one attached hydrogen (secondary N) is 1. The van der Waals surface area contributed by atoms with E-state index in [4.69, 9.17) is 15.2 Å². The van der Waals surface area contributed by atoms with Gasteiger partial charge in [-0.05, 0) is 31.0 Å². The minimum atomic E-state index is -0.491. The van der Waals surface area contributed by atoms with Crippen molar-refractivity contribution in [3.8, 4) is 0 Å². The molecule has 2 rings (SSSR count). The minimum absolute atomic E-state index is 0.115. The van der Waals surface area contributed by atoms with Gasteiger partial charge in [-0.2, -0.15) is 0 Å². The van der Waals surface area contributed by atoms with Gasteiger partial charge in [0.25, 0.3) is 0 Å². The number of ether oxygens (including phenoxy) is 2. The lowest BCUT2D eigenvalue weighted by Gasteiger charge is -2.09. The van der Waals surface area contributed by atoms with Crippen molar-refractivity contribution in [2.75, 3.05) is 37.5 Å². The van der Waals surface area contributed by atoms with Crippen LogP contribution in [0.15, 0.2) is 18.2 Å². The molecule has 1 aromatic carbocycles. The number of halogens is 1. The number of hydrogen-bond donors (Lipinski definition) is 2. The van der Waals surface area contributed by atoms with Crippen molar-refractivity contribution < 1.29 is 18.7 Å². The van der Waals surface area contributed by atoms with Crippen LogP contribution >= 0.6 is 0 Å². The zero-order valence-electron chi connectivity index (χ0n) is 11.9. The Morgan fingerprint density at radius 1 is 1.52 bits per heavy atom. The van der Waals surface area contributed by atoms with Gasteiger partial charge in [-0.25, -0.2) is 4.39 Å². The highest BCUT2D eigenvalue weighted by Gasteiger charge is 2.15. The molecule has 0 saturated carbocycles. The molecule has 21 heavy (non-hydrogen) atoms. The van der Waals surface area contributed by atoms with Crippen molar-refractivity contribution in [3.63, 3.8) is 0 Å². The maximum absolute atomic E-state index is 13.4. The summed E-state index contributed by atoms with van der Waals surface area (Å²) in [6.45, 7) is 2.76. The summed E-state index contributed by atoms with van der Waals surface area (Å²) in [4.78, 5) is 11.7. The molecule has 1 aliphatic heterocycles. The molecule has 1 aromatic rings. The Bertz CT molecular complexity index is 476. The van der Waals surface area contributed by atoms with Crippen LogP contribution in [0.3, 0.4) is 0 Å². The SMILES string of the molecule is Nc1ccc(F)c(NC(=O)CCCOCC2CCOC2)c1. The van der Waals surface area contributed by atoms with Gasteiger partial charge in [0.05, 0.1) is 18.9 Å². The fraction of sp³-hybridized carbons (Fsp3) is 0.533. The van der Waals surface area contributed by atoms with Gasteiger partial charge in [-0.1, -0.05) is 0 Å². The number of benzene rings is 1. The summed E-state index contributed by atoms with van der Waals surface area (Å²) < 4.78 is 24.2. The van der Waals surface area contributed by atoms with Crippen LogP contribution in [-0.2, 0) is 14.3 Å². The third-order valence-electron chi connectivity index (χ3n) is 3.33. The molecule has 1 saturated heterocycles. The Morgan fingerprint density at radius 3 is 3.14 bits per heavy atom.